The summed E-state index contributed by atoms with van der Waals surface area (Å²) in [5.74, 6) is 0.478. The topological polar surface area (TPSA) is 112 Å². The third kappa shape index (κ3) is 5.77. The second-order valence-corrected chi connectivity index (χ2v) is 18.0. The second-order valence-electron chi connectivity index (χ2n) is 15.4. The van der Waals surface area contributed by atoms with Gasteiger partial charge in [-0.25, -0.2) is 9.13 Å². The molecular weight excluding hydrogens is 815 g/mol. The number of phosphoric acid groups is 2. The van der Waals surface area contributed by atoms with E-state index in [1.165, 1.54) is 0 Å². The van der Waals surface area contributed by atoms with Crippen LogP contribution in [-0.2, 0) is 9.13 Å². The first-order chi connectivity index (χ1) is 30.2. The van der Waals surface area contributed by atoms with Crippen LogP contribution in [0.2, 0.25) is 0 Å². The molecule has 8 nitrogen and oxygen atoms in total. The Morgan fingerprint density at radius 1 is 0.306 bits per heavy atom. The number of fused-ring (bicyclic) bond motifs is 14. The van der Waals surface area contributed by atoms with Crippen molar-refractivity contribution in [3.8, 4) is 78.6 Å². The molecule has 62 heavy (non-hydrogen) atoms. The first-order valence-corrected chi connectivity index (χ1v) is 23.0. The smallest absolute Gasteiger partial charge is 0.394 e. The van der Waals surface area contributed by atoms with Gasteiger partial charge in [-0.05, 0) is 78.5 Å². The molecule has 10 aromatic carbocycles. The molecule has 0 saturated carbocycles. The maximum atomic E-state index is 14.5. The van der Waals surface area contributed by atoms with E-state index < -0.39 is 15.6 Å². The first-order valence-electron chi connectivity index (χ1n) is 20.0. The van der Waals surface area contributed by atoms with Gasteiger partial charge in [0.25, 0.3) is 0 Å². The monoisotopic (exact) mass is 846 g/mol. The highest BCUT2D eigenvalue weighted by Crippen LogP contribution is 2.65. The summed E-state index contributed by atoms with van der Waals surface area (Å²) in [6, 6.07) is 57.9. The molecule has 2 heterocycles. The third-order valence-corrected chi connectivity index (χ3v) is 13.4. The van der Waals surface area contributed by atoms with E-state index in [1.54, 1.807) is 0 Å². The Labute approximate surface area is 355 Å². The number of hydrogen-bond donors (Lipinski definition) is 2. The zero-order chi connectivity index (χ0) is 41.7. The van der Waals surface area contributed by atoms with Gasteiger partial charge in [-0.15, -0.1) is 0 Å². The van der Waals surface area contributed by atoms with E-state index >= 15 is 0 Å². The van der Waals surface area contributed by atoms with E-state index in [4.69, 9.17) is 18.1 Å². The van der Waals surface area contributed by atoms with E-state index in [0.29, 0.717) is 44.5 Å². The lowest BCUT2D eigenvalue weighted by Crippen LogP contribution is -2.02. The van der Waals surface area contributed by atoms with E-state index in [0.717, 1.165) is 54.2 Å². The maximum Gasteiger partial charge on any atom is 0.584 e. The normalized spacial score (nSPS) is 17.6. The Morgan fingerprint density at radius 3 is 0.855 bits per heavy atom. The van der Waals surface area contributed by atoms with Crippen molar-refractivity contribution in [2.45, 2.75) is 0 Å². The van der Waals surface area contributed by atoms with Crippen molar-refractivity contribution in [3.63, 3.8) is 0 Å². The van der Waals surface area contributed by atoms with Crippen molar-refractivity contribution >= 4 is 58.7 Å². The number of phosphoric ester groups is 2. The van der Waals surface area contributed by atoms with Crippen LogP contribution in [0.1, 0.15) is 0 Å². The third-order valence-electron chi connectivity index (χ3n) is 11.8. The lowest BCUT2D eigenvalue weighted by atomic mass is 9.84. The summed E-state index contributed by atoms with van der Waals surface area (Å²) in [7, 11) is -9.90. The van der Waals surface area contributed by atoms with Crippen LogP contribution in [0.25, 0.3) is 98.7 Å². The van der Waals surface area contributed by atoms with Crippen LogP contribution in [0.3, 0.4) is 0 Å². The molecule has 0 aliphatic carbocycles. The summed E-state index contributed by atoms with van der Waals surface area (Å²) in [5, 5.41) is 6.32. The molecule has 0 radical (unpaired) electrons. The lowest BCUT2D eigenvalue weighted by Gasteiger charge is -2.22. The van der Waals surface area contributed by atoms with Gasteiger partial charge in [-0.2, -0.15) is 0 Å². The molecule has 0 saturated heterocycles. The molecule has 2 unspecified atom stereocenters. The molecule has 0 bridgehead atoms. The van der Waals surface area contributed by atoms with Gasteiger partial charge in [-0.1, -0.05) is 158 Å². The van der Waals surface area contributed by atoms with Crippen LogP contribution in [0.4, 0.5) is 0 Å². The van der Waals surface area contributed by atoms with E-state index in [1.807, 2.05) is 182 Å². The molecule has 0 aromatic heterocycles. The van der Waals surface area contributed by atoms with Gasteiger partial charge in [0.2, 0.25) is 0 Å². The fourth-order valence-electron chi connectivity index (χ4n) is 9.25. The van der Waals surface area contributed by atoms with Gasteiger partial charge in [-0.3, -0.25) is 9.79 Å². The summed E-state index contributed by atoms with van der Waals surface area (Å²) >= 11 is 0. The highest BCUT2D eigenvalue weighted by Gasteiger charge is 2.41. The summed E-state index contributed by atoms with van der Waals surface area (Å²) < 4.78 is 54.1. The van der Waals surface area contributed by atoms with Gasteiger partial charge < -0.3 is 18.1 Å². The Hall–Kier alpha value is -7.18. The predicted octanol–water partition coefficient (Wildman–Crippen LogP) is 14.4. The highest BCUT2D eigenvalue weighted by atomic mass is 31.2. The molecule has 10 heteroatoms. The molecule has 0 spiro atoms. The lowest BCUT2D eigenvalue weighted by molar-refractivity contribution is 0.292. The maximum absolute atomic E-state index is 14.5. The SMILES string of the molecule is O=P1(O)Oc2c(-c3ccccc3)cc3ccccc3c2-c2c(c(-c3cc4ccccc4c4c3OP(=O)(O)Oc3c(-c5ccccc5)cc5ccccc5c3-4)cc3ccccc23)O1. The second kappa shape index (κ2) is 13.7. The van der Waals surface area contributed by atoms with Crippen LogP contribution < -0.4 is 18.1 Å². The van der Waals surface area contributed by atoms with E-state index in [-0.39, 0.29) is 23.0 Å². The minimum absolute atomic E-state index is 0.0470. The molecular formula is C52H32O8P2. The van der Waals surface area contributed by atoms with Crippen molar-refractivity contribution < 1.29 is 37.0 Å². The minimum Gasteiger partial charge on any atom is -0.394 e. The molecule has 2 aliphatic rings. The molecule has 2 N–H and O–H groups in total. The zero-order valence-electron chi connectivity index (χ0n) is 32.6. The molecule has 2 aliphatic heterocycles. The first kappa shape index (κ1) is 36.7. The quantitative estimate of drug-likeness (QED) is 0.169. The Morgan fingerprint density at radius 2 is 0.548 bits per heavy atom. The molecule has 0 fully saturated rings. The van der Waals surface area contributed by atoms with Gasteiger partial charge in [0, 0.05) is 44.5 Å². The van der Waals surface area contributed by atoms with E-state index in [9.17, 15) is 18.9 Å². The van der Waals surface area contributed by atoms with Crippen LogP contribution in [0.15, 0.2) is 182 Å². The Bertz CT molecular complexity index is 3390. The average Bonchev–Trinajstić information content (AvgIpc) is 3.51. The van der Waals surface area contributed by atoms with E-state index in [2.05, 4.69) is 0 Å². The van der Waals surface area contributed by atoms with Gasteiger partial charge in [0.05, 0.1) is 0 Å². The molecule has 2 atom stereocenters. The highest BCUT2D eigenvalue weighted by molar-refractivity contribution is 7.48. The zero-order valence-corrected chi connectivity index (χ0v) is 34.3. The molecule has 0 amide bonds. The molecule has 12 rings (SSSR count). The minimum atomic E-state index is -4.95. The standard InChI is InChI=1S/C52H32O8P2/c53-61(54)57-49-41(31-15-3-1-4-16-31)27-33-19-7-11-23-37(33)45(49)47-39-25-13-9-21-35(39)29-43(51(47)59-61)44-30-36-22-10-14-26-40(36)48-46-38-24-12-8-20-34(38)28-42(32-17-5-2-6-18-32)50(46)58-62(55,56)60-52(44)48/h1-30H,(H,53,54)(H,55,56). The van der Waals surface area contributed by atoms with Crippen LogP contribution in [0.5, 0.6) is 23.0 Å². The summed E-state index contributed by atoms with van der Waals surface area (Å²) in [6.07, 6.45) is 0. The number of benzene rings is 10. The Balaban J connectivity index is 1.27. The fourth-order valence-corrected chi connectivity index (χ4v) is 11.0. The van der Waals surface area contributed by atoms with Crippen molar-refractivity contribution in [1.29, 1.82) is 0 Å². The average molecular weight is 847 g/mol. The summed E-state index contributed by atoms with van der Waals surface area (Å²) in [4.78, 5) is 23.7. The van der Waals surface area contributed by atoms with Crippen LogP contribution in [-0.4, -0.2) is 9.79 Å². The summed E-state index contributed by atoms with van der Waals surface area (Å²) in [6.45, 7) is 0. The van der Waals surface area contributed by atoms with Crippen molar-refractivity contribution in [1.82, 2.24) is 0 Å². The summed E-state index contributed by atoms with van der Waals surface area (Å²) in [5.41, 5.74) is 5.63. The van der Waals surface area contributed by atoms with Gasteiger partial charge in [0.1, 0.15) is 23.0 Å². The van der Waals surface area contributed by atoms with Crippen molar-refractivity contribution in [2.24, 2.45) is 0 Å². The van der Waals surface area contributed by atoms with Crippen LogP contribution >= 0.6 is 15.6 Å². The molecule has 298 valence electrons. The number of hydrogen-bond acceptors (Lipinski definition) is 6. The van der Waals surface area contributed by atoms with Crippen molar-refractivity contribution in [3.05, 3.63) is 182 Å². The van der Waals surface area contributed by atoms with Gasteiger partial charge in [0.15, 0.2) is 0 Å². The number of rotatable bonds is 3. The van der Waals surface area contributed by atoms with Crippen LogP contribution in [0, 0.1) is 0 Å². The van der Waals surface area contributed by atoms with Gasteiger partial charge >= 0.3 is 15.6 Å². The largest absolute Gasteiger partial charge is 0.584 e. The van der Waals surface area contributed by atoms with Crippen molar-refractivity contribution in [2.75, 3.05) is 0 Å². The predicted molar refractivity (Wildman–Crippen MR) is 246 cm³/mol. The Kier molecular flexibility index (Phi) is 8.08. The molecule has 10 aromatic rings. The fraction of sp³-hybridized carbons (Fsp3) is 0.